The first-order valence-electron chi connectivity index (χ1n) is 8.40. The fraction of sp³-hybridized carbons (Fsp3) is 0.143. The van der Waals surface area contributed by atoms with Gasteiger partial charge in [-0.2, -0.15) is 0 Å². The number of fused-ring (bicyclic) bond motifs is 1. The molecule has 26 heavy (non-hydrogen) atoms. The van der Waals surface area contributed by atoms with Crippen molar-refractivity contribution in [3.63, 3.8) is 0 Å². The lowest BCUT2D eigenvalue weighted by atomic mass is 10.0. The van der Waals surface area contributed by atoms with Crippen LogP contribution in [-0.2, 0) is 6.42 Å². The highest BCUT2D eigenvalue weighted by molar-refractivity contribution is 5.94. The number of aromatic nitrogens is 1. The second-order valence-corrected chi connectivity index (χ2v) is 6.24. The van der Waals surface area contributed by atoms with E-state index in [1.54, 1.807) is 12.3 Å². The van der Waals surface area contributed by atoms with Crippen LogP contribution in [0, 0.1) is 6.92 Å². The first kappa shape index (κ1) is 16.1. The van der Waals surface area contributed by atoms with Crippen molar-refractivity contribution in [3.05, 3.63) is 71.4 Å². The Hall–Kier alpha value is -3.34. The summed E-state index contributed by atoms with van der Waals surface area (Å²) < 4.78 is 11.5. The molecule has 2 heterocycles. The van der Waals surface area contributed by atoms with E-state index in [9.17, 15) is 4.79 Å². The quantitative estimate of drug-likeness (QED) is 0.778. The summed E-state index contributed by atoms with van der Waals surface area (Å²) in [5, 5.41) is 0. The topological polar surface area (TPSA) is 74.4 Å². The molecule has 0 radical (unpaired) electrons. The number of primary amides is 1. The minimum Gasteiger partial charge on any atom is -0.493 e. The van der Waals surface area contributed by atoms with E-state index >= 15 is 0 Å². The maximum Gasteiger partial charge on any atom is 0.248 e. The van der Waals surface area contributed by atoms with Gasteiger partial charge in [0, 0.05) is 35.4 Å². The van der Waals surface area contributed by atoms with Crippen LogP contribution in [0.1, 0.15) is 21.5 Å². The molecule has 0 unspecified atom stereocenters. The Morgan fingerprint density at radius 2 is 1.96 bits per heavy atom. The smallest absolute Gasteiger partial charge is 0.248 e. The zero-order valence-corrected chi connectivity index (χ0v) is 14.4. The van der Waals surface area contributed by atoms with Crippen molar-refractivity contribution in [2.24, 2.45) is 5.73 Å². The normalized spacial score (nSPS) is 12.3. The van der Waals surface area contributed by atoms with Crippen molar-refractivity contribution in [2.45, 2.75) is 13.3 Å². The van der Waals surface area contributed by atoms with Crippen LogP contribution >= 0.6 is 0 Å². The summed E-state index contributed by atoms with van der Waals surface area (Å²) in [5.74, 6) is 1.97. The predicted octanol–water partition coefficient (Wildman–Crippen LogP) is 3.88. The summed E-state index contributed by atoms with van der Waals surface area (Å²) in [5.41, 5.74) is 9.54. The number of hydrogen-bond acceptors (Lipinski definition) is 4. The van der Waals surface area contributed by atoms with Crippen LogP contribution in [-0.4, -0.2) is 17.5 Å². The summed E-state index contributed by atoms with van der Waals surface area (Å²) in [6.07, 6.45) is 2.61. The van der Waals surface area contributed by atoms with Crippen LogP contribution in [0.4, 0.5) is 0 Å². The molecule has 1 amide bonds. The molecule has 0 atom stereocenters. The number of nitrogens with two attached hydrogens (primary N) is 1. The van der Waals surface area contributed by atoms with Gasteiger partial charge in [-0.3, -0.25) is 9.78 Å². The van der Waals surface area contributed by atoms with Crippen molar-refractivity contribution in [1.29, 1.82) is 0 Å². The van der Waals surface area contributed by atoms with Gasteiger partial charge in [-0.25, -0.2) is 0 Å². The van der Waals surface area contributed by atoms with Crippen LogP contribution in [0.5, 0.6) is 17.2 Å². The first-order valence-corrected chi connectivity index (χ1v) is 8.40. The number of aryl methyl sites for hydroxylation is 1. The number of carbonyl (C=O) groups excluding carboxylic acids is 1. The third kappa shape index (κ3) is 3.11. The zero-order valence-electron chi connectivity index (χ0n) is 14.4. The molecule has 0 aliphatic carbocycles. The number of amides is 1. The van der Waals surface area contributed by atoms with Crippen molar-refractivity contribution in [1.82, 2.24) is 4.98 Å². The number of ether oxygens (including phenoxy) is 2. The molecule has 1 aliphatic rings. The number of nitrogens with zero attached hydrogens (tertiary/aromatic N) is 1. The van der Waals surface area contributed by atoms with Crippen molar-refractivity contribution in [3.8, 4) is 28.5 Å². The summed E-state index contributed by atoms with van der Waals surface area (Å²) >= 11 is 0. The molecule has 2 N–H and O–H groups in total. The molecule has 4 rings (SSSR count). The van der Waals surface area contributed by atoms with Crippen molar-refractivity contribution < 1.29 is 14.3 Å². The fourth-order valence-corrected chi connectivity index (χ4v) is 3.09. The van der Waals surface area contributed by atoms with Gasteiger partial charge in [0.25, 0.3) is 0 Å². The highest BCUT2D eigenvalue weighted by atomic mass is 16.5. The molecule has 2 aromatic carbocycles. The Labute approximate surface area is 151 Å². The van der Waals surface area contributed by atoms with E-state index in [-0.39, 0.29) is 0 Å². The Morgan fingerprint density at radius 3 is 2.77 bits per heavy atom. The number of pyridine rings is 1. The molecule has 1 aromatic heterocycles. The highest BCUT2D eigenvalue weighted by Crippen LogP contribution is 2.32. The van der Waals surface area contributed by atoms with E-state index in [1.807, 2.05) is 49.4 Å². The molecule has 1 aliphatic heterocycles. The highest BCUT2D eigenvalue weighted by Gasteiger charge is 2.13. The van der Waals surface area contributed by atoms with Crippen molar-refractivity contribution in [2.75, 3.05) is 6.61 Å². The molecular weight excluding hydrogens is 328 g/mol. The van der Waals surface area contributed by atoms with Crippen LogP contribution in [0.3, 0.4) is 0 Å². The number of benzene rings is 2. The lowest BCUT2D eigenvalue weighted by Crippen LogP contribution is -2.12. The predicted molar refractivity (Wildman–Crippen MR) is 98.6 cm³/mol. The standard InChI is InChI=1S/C21H18N2O3/c1-13-10-14(2-4-18(13)21(22)24)19-12-17(6-8-23-19)26-16-3-5-20-15(11-16)7-9-25-20/h2-6,8,10-12H,7,9H2,1H3,(H2,22,24). The van der Waals surface area contributed by atoms with E-state index in [2.05, 4.69) is 4.98 Å². The van der Waals surface area contributed by atoms with Gasteiger partial charge >= 0.3 is 0 Å². The van der Waals surface area contributed by atoms with Gasteiger partial charge in [0.2, 0.25) is 5.91 Å². The SMILES string of the molecule is Cc1cc(-c2cc(Oc3ccc4c(c3)CCO4)ccn2)ccc1C(N)=O. The molecule has 0 fully saturated rings. The summed E-state index contributed by atoms with van der Waals surface area (Å²) in [7, 11) is 0. The Bertz CT molecular complexity index is 998. The molecule has 0 spiro atoms. The molecule has 0 bridgehead atoms. The zero-order chi connectivity index (χ0) is 18.1. The average molecular weight is 346 g/mol. The van der Waals surface area contributed by atoms with Gasteiger partial charge in [-0.1, -0.05) is 6.07 Å². The molecule has 5 heteroatoms. The Balaban J connectivity index is 1.61. The number of rotatable bonds is 4. The lowest BCUT2D eigenvalue weighted by Gasteiger charge is -2.10. The van der Waals surface area contributed by atoms with Crippen LogP contribution < -0.4 is 15.2 Å². The first-order chi connectivity index (χ1) is 12.6. The summed E-state index contributed by atoms with van der Waals surface area (Å²) in [4.78, 5) is 15.8. The van der Waals surface area contributed by atoms with E-state index < -0.39 is 5.91 Å². The monoisotopic (exact) mass is 346 g/mol. The van der Waals surface area contributed by atoms with Crippen LogP contribution in [0.15, 0.2) is 54.7 Å². The van der Waals surface area contributed by atoms with E-state index in [0.717, 1.165) is 46.9 Å². The maximum atomic E-state index is 11.4. The Morgan fingerprint density at radius 1 is 1.12 bits per heavy atom. The third-order valence-electron chi connectivity index (χ3n) is 4.42. The largest absolute Gasteiger partial charge is 0.493 e. The molecule has 5 nitrogen and oxygen atoms in total. The number of carbonyl (C=O) groups is 1. The molecular formula is C21H18N2O3. The van der Waals surface area contributed by atoms with Gasteiger partial charge in [-0.05, 0) is 48.9 Å². The van der Waals surface area contributed by atoms with Gasteiger partial charge < -0.3 is 15.2 Å². The molecule has 130 valence electrons. The maximum absolute atomic E-state index is 11.4. The summed E-state index contributed by atoms with van der Waals surface area (Å²) in [6, 6.07) is 15.0. The minimum atomic E-state index is -0.431. The van der Waals surface area contributed by atoms with Gasteiger partial charge in [0.15, 0.2) is 0 Å². The second kappa shape index (κ2) is 6.52. The van der Waals surface area contributed by atoms with Gasteiger partial charge in [0.1, 0.15) is 17.2 Å². The molecule has 0 saturated heterocycles. The van der Waals surface area contributed by atoms with E-state index in [0.29, 0.717) is 11.3 Å². The third-order valence-corrected chi connectivity index (χ3v) is 4.42. The average Bonchev–Trinajstić information content (AvgIpc) is 3.09. The van der Waals surface area contributed by atoms with Crippen LogP contribution in [0.25, 0.3) is 11.3 Å². The van der Waals surface area contributed by atoms with Gasteiger partial charge in [-0.15, -0.1) is 0 Å². The van der Waals surface area contributed by atoms with Crippen molar-refractivity contribution >= 4 is 5.91 Å². The van der Waals surface area contributed by atoms with E-state index in [4.69, 9.17) is 15.2 Å². The lowest BCUT2D eigenvalue weighted by molar-refractivity contribution is 0.0999. The second-order valence-electron chi connectivity index (χ2n) is 6.24. The summed E-state index contributed by atoms with van der Waals surface area (Å²) in [6.45, 7) is 2.58. The molecule has 0 saturated carbocycles. The number of hydrogen-bond donors (Lipinski definition) is 1. The van der Waals surface area contributed by atoms with Gasteiger partial charge in [0.05, 0.1) is 12.3 Å². The fourth-order valence-electron chi connectivity index (χ4n) is 3.09. The molecule has 3 aromatic rings. The minimum absolute atomic E-state index is 0.431. The van der Waals surface area contributed by atoms with E-state index in [1.165, 1.54) is 0 Å². The van der Waals surface area contributed by atoms with Crippen LogP contribution in [0.2, 0.25) is 0 Å². The Kier molecular flexibility index (Phi) is 4.05.